The van der Waals surface area contributed by atoms with Crippen LogP contribution in [0, 0.1) is 9.52 Å². The first-order valence-corrected chi connectivity index (χ1v) is 4.38. The molecule has 0 saturated heterocycles. The van der Waals surface area contributed by atoms with Gasteiger partial charge in [0, 0.05) is 0 Å². The zero-order valence-corrected chi connectivity index (χ0v) is 8.63. The van der Waals surface area contributed by atoms with Crippen molar-refractivity contribution in [1.29, 1.82) is 0 Å². The van der Waals surface area contributed by atoms with Crippen molar-refractivity contribution in [3.63, 3.8) is 0 Å². The van der Waals surface area contributed by atoms with Crippen LogP contribution in [-0.2, 0) is 0 Å². The Labute approximate surface area is 90.1 Å². The summed E-state index contributed by atoms with van der Waals surface area (Å²) in [4.78, 5) is 13.4. The van der Waals surface area contributed by atoms with Gasteiger partial charge < -0.3 is 5.11 Å². The van der Waals surface area contributed by atoms with Crippen LogP contribution in [0.1, 0.15) is 22.5 Å². The third-order valence-electron chi connectivity index (χ3n) is 1.40. The third-order valence-corrected chi connectivity index (χ3v) is 2.16. The van der Waals surface area contributed by atoms with E-state index in [2.05, 4.69) is 4.98 Å². The monoisotopic (exact) mass is 317 g/mol. The molecule has 3 nitrogen and oxygen atoms in total. The van der Waals surface area contributed by atoms with Crippen LogP contribution in [-0.4, -0.2) is 16.1 Å². The van der Waals surface area contributed by atoms with Crippen LogP contribution in [0.2, 0.25) is 0 Å². The Balaban J connectivity index is 3.39. The van der Waals surface area contributed by atoms with Crippen molar-refractivity contribution in [2.24, 2.45) is 0 Å². The molecule has 1 rings (SSSR count). The molecule has 0 amide bonds. The molecule has 1 aromatic rings. The van der Waals surface area contributed by atoms with Crippen LogP contribution in [0.25, 0.3) is 0 Å². The van der Waals surface area contributed by atoms with Crippen molar-refractivity contribution in [3.05, 3.63) is 26.8 Å². The number of carbonyl (C=O) groups is 1. The zero-order chi connectivity index (χ0) is 10.9. The number of alkyl halides is 2. The van der Waals surface area contributed by atoms with Crippen molar-refractivity contribution in [2.75, 3.05) is 0 Å². The molecular weight excluding hydrogens is 314 g/mol. The third kappa shape index (κ3) is 2.14. The standard InChI is InChI=1S/C7H3F3INO2/c8-5(9)4-2(7(13)14)1-3(11)6(10)12-4/h1,5H,(H,13,14). The maximum absolute atomic E-state index is 12.7. The number of nitrogens with zero attached hydrogens (tertiary/aromatic N) is 1. The summed E-state index contributed by atoms with van der Waals surface area (Å²) in [6.45, 7) is 0. The summed E-state index contributed by atoms with van der Waals surface area (Å²) in [7, 11) is 0. The van der Waals surface area contributed by atoms with Crippen molar-refractivity contribution in [1.82, 2.24) is 4.98 Å². The Bertz CT molecular complexity index is 383. The van der Waals surface area contributed by atoms with Crippen molar-refractivity contribution >= 4 is 28.6 Å². The van der Waals surface area contributed by atoms with E-state index in [1.165, 1.54) is 22.6 Å². The normalized spacial score (nSPS) is 10.6. The first-order valence-electron chi connectivity index (χ1n) is 3.31. The lowest BCUT2D eigenvalue weighted by atomic mass is 10.2. The number of hydrogen-bond donors (Lipinski definition) is 1. The van der Waals surface area contributed by atoms with Crippen molar-refractivity contribution in [3.8, 4) is 0 Å². The first kappa shape index (κ1) is 11.2. The van der Waals surface area contributed by atoms with Gasteiger partial charge in [-0.25, -0.2) is 18.6 Å². The summed E-state index contributed by atoms with van der Waals surface area (Å²) in [5, 5.41) is 8.53. The van der Waals surface area contributed by atoms with E-state index in [4.69, 9.17) is 5.11 Å². The molecule has 0 aliphatic carbocycles. The van der Waals surface area contributed by atoms with Crippen molar-refractivity contribution in [2.45, 2.75) is 6.43 Å². The average Bonchev–Trinajstić information content (AvgIpc) is 2.08. The van der Waals surface area contributed by atoms with Gasteiger partial charge in [0.2, 0.25) is 5.95 Å². The molecule has 0 saturated carbocycles. The molecule has 0 aliphatic heterocycles. The van der Waals surface area contributed by atoms with Gasteiger partial charge in [-0.1, -0.05) is 0 Å². The molecule has 14 heavy (non-hydrogen) atoms. The number of aromatic nitrogens is 1. The smallest absolute Gasteiger partial charge is 0.337 e. The number of rotatable bonds is 2. The Hall–Kier alpha value is -0.860. The van der Waals surface area contributed by atoms with E-state index in [9.17, 15) is 18.0 Å². The number of carboxylic acid groups (broad SMARTS) is 1. The first-order chi connectivity index (χ1) is 6.43. The largest absolute Gasteiger partial charge is 0.478 e. The summed E-state index contributed by atoms with van der Waals surface area (Å²) >= 11 is 1.48. The minimum atomic E-state index is -3.10. The fourth-order valence-corrected chi connectivity index (χ4v) is 1.25. The number of pyridine rings is 1. The molecule has 7 heteroatoms. The van der Waals surface area contributed by atoms with Crippen LogP contribution in [0.3, 0.4) is 0 Å². The van der Waals surface area contributed by atoms with E-state index in [1.54, 1.807) is 0 Å². The van der Waals surface area contributed by atoms with Crippen LogP contribution >= 0.6 is 22.6 Å². The fourth-order valence-electron chi connectivity index (χ4n) is 0.817. The summed E-state index contributed by atoms with van der Waals surface area (Å²) in [6, 6.07) is 0.826. The molecule has 1 N–H and O–H groups in total. The second-order valence-electron chi connectivity index (χ2n) is 2.30. The number of aromatic carboxylic acids is 1. The van der Waals surface area contributed by atoms with Crippen LogP contribution < -0.4 is 0 Å². The molecule has 1 heterocycles. The molecule has 0 bridgehead atoms. The summed E-state index contributed by atoms with van der Waals surface area (Å²) in [5.74, 6) is -2.64. The molecule has 1 aromatic heterocycles. The van der Waals surface area contributed by atoms with Crippen LogP contribution in [0.5, 0.6) is 0 Å². The van der Waals surface area contributed by atoms with E-state index in [0.29, 0.717) is 0 Å². The van der Waals surface area contributed by atoms with E-state index in [1.807, 2.05) is 0 Å². The SMILES string of the molecule is O=C(O)c1cc(I)c(F)nc1C(F)F. The molecule has 0 aromatic carbocycles. The second-order valence-corrected chi connectivity index (χ2v) is 3.46. The number of carboxylic acids is 1. The van der Waals surface area contributed by atoms with Gasteiger partial charge in [0.25, 0.3) is 6.43 Å². The van der Waals surface area contributed by atoms with Crippen molar-refractivity contribution < 1.29 is 23.1 Å². The second kappa shape index (κ2) is 4.11. The molecule has 0 fully saturated rings. The van der Waals surface area contributed by atoms with Crippen LogP contribution in [0.4, 0.5) is 13.2 Å². The van der Waals surface area contributed by atoms with Gasteiger partial charge in [-0.15, -0.1) is 0 Å². The lowest BCUT2D eigenvalue weighted by molar-refractivity contribution is 0.0681. The predicted molar refractivity (Wildman–Crippen MR) is 48.8 cm³/mol. The minimum Gasteiger partial charge on any atom is -0.478 e. The Morgan fingerprint density at radius 1 is 1.57 bits per heavy atom. The average molecular weight is 317 g/mol. The highest BCUT2D eigenvalue weighted by molar-refractivity contribution is 14.1. The molecule has 0 unspecified atom stereocenters. The molecular formula is C7H3F3INO2. The number of hydrogen-bond acceptors (Lipinski definition) is 2. The van der Waals surface area contributed by atoms with Gasteiger partial charge in [-0.2, -0.15) is 4.39 Å². The zero-order valence-electron chi connectivity index (χ0n) is 6.47. The molecule has 0 radical (unpaired) electrons. The lowest BCUT2D eigenvalue weighted by Gasteiger charge is -2.04. The molecule has 76 valence electrons. The van der Waals surface area contributed by atoms with E-state index in [-0.39, 0.29) is 3.57 Å². The number of halogens is 4. The maximum Gasteiger partial charge on any atom is 0.337 e. The molecule has 0 spiro atoms. The fraction of sp³-hybridized carbons (Fsp3) is 0.143. The lowest BCUT2D eigenvalue weighted by Crippen LogP contribution is -2.08. The maximum atomic E-state index is 12.7. The van der Waals surface area contributed by atoms with E-state index < -0.39 is 29.6 Å². The Morgan fingerprint density at radius 3 is 2.57 bits per heavy atom. The Kier molecular flexibility index (Phi) is 3.29. The minimum absolute atomic E-state index is 0.107. The highest BCUT2D eigenvalue weighted by Gasteiger charge is 2.22. The van der Waals surface area contributed by atoms with Gasteiger partial charge in [-0.05, 0) is 28.7 Å². The quantitative estimate of drug-likeness (QED) is 0.673. The summed E-state index contributed by atoms with van der Waals surface area (Å²) in [5.41, 5.74) is -1.72. The molecule has 0 atom stereocenters. The van der Waals surface area contributed by atoms with Gasteiger partial charge in [0.15, 0.2) is 0 Å². The molecule has 0 aliphatic rings. The van der Waals surface area contributed by atoms with Gasteiger partial charge in [0.1, 0.15) is 5.69 Å². The van der Waals surface area contributed by atoms with Crippen LogP contribution in [0.15, 0.2) is 6.07 Å². The summed E-state index contributed by atoms with van der Waals surface area (Å²) < 4.78 is 37.0. The van der Waals surface area contributed by atoms with Gasteiger partial charge in [0.05, 0.1) is 9.13 Å². The topological polar surface area (TPSA) is 50.2 Å². The highest BCUT2D eigenvalue weighted by atomic mass is 127. The van der Waals surface area contributed by atoms with E-state index >= 15 is 0 Å². The van der Waals surface area contributed by atoms with Gasteiger partial charge >= 0.3 is 5.97 Å². The highest BCUT2D eigenvalue weighted by Crippen LogP contribution is 2.23. The summed E-state index contributed by atoms with van der Waals surface area (Å²) in [6.07, 6.45) is -3.10. The predicted octanol–water partition coefficient (Wildman–Crippen LogP) is 2.46. The Morgan fingerprint density at radius 2 is 2.14 bits per heavy atom. The van der Waals surface area contributed by atoms with Gasteiger partial charge in [-0.3, -0.25) is 0 Å². The van der Waals surface area contributed by atoms with E-state index in [0.717, 1.165) is 6.07 Å².